The molecule has 1 unspecified atom stereocenters. The minimum absolute atomic E-state index is 0.0894. The van der Waals surface area contributed by atoms with Crippen molar-refractivity contribution in [2.45, 2.75) is 52.5 Å². The van der Waals surface area contributed by atoms with Gasteiger partial charge in [0.1, 0.15) is 6.04 Å². The maximum absolute atomic E-state index is 13.0. The molecule has 0 aromatic heterocycles. The van der Waals surface area contributed by atoms with Crippen LogP contribution in [0.4, 0.5) is 0 Å². The summed E-state index contributed by atoms with van der Waals surface area (Å²) in [5.41, 5.74) is -0.977. The van der Waals surface area contributed by atoms with E-state index in [1.807, 2.05) is 13.8 Å². The quantitative estimate of drug-likeness (QED) is 0.767. The fraction of sp³-hybridized carbons (Fsp3) is 0.875. The molecule has 8 heteroatoms. The van der Waals surface area contributed by atoms with Gasteiger partial charge in [-0.2, -0.15) is 4.31 Å². The van der Waals surface area contributed by atoms with Crippen molar-refractivity contribution < 1.29 is 23.1 Å². The maximum Gasteiger partial charge on any atom is 0.311 e. The number of hydrogen-bond acceptors (Lipinski definition) is 4. The first-order chi connectivity index (χ1) is 11.1. The summed E-state index contributed by atoms with van der Waals surface area (Å²) in [7, 11) is -3.38. The molecule has 138 valence electrons. The minimum Gasteiger partial charge on any atom is -0.481 e. The van der Waals surface area contributed by atoms with Gasteiger partial charge in [0, 0.05) is 19.6 Å². The van der Waals surface area contributed by atoms with Crippen molar-refractivity contribution >= 4 is 21.9 Å². The van der Waals surface area contributed by atoms with E-state index in [1.54, 1.807) is 11.8 Å². The van der Waals surface area contributed by atoms with Crippen LogP contribution in [0.25, 0.3) is 0 Å². The lowest BCUT2D eigenvalue weighted by Crippen LogP contribution is -2.49. The SMILES string of the molecule is CCCCC(C(=O)N1C[C@@H](C)[C@](C)(C(=O)O)C1)N1CCCS1(=O)=O. The first kappa shape index (κ1) is 19.2. The van der Waals surface area contributed by atoms with E-state index in [9.17, 15) is 23.1 Å². The van der Waals surface area contributed by atoms with Crippen LogP contribution >= 0.6 is 0 Å². The van der Waals surface area contributed by atoms with Crippen LogP contribution in [0.15, 0.2) is 0 Å². The Hall–Kier alpha value is -1.15. The monoisotopic (exact) mass is 360 g/mol. The molecule has 2 aliphatic rings. The third kappa shape index (κ3) is 3.44. The number of carboxylic acid groups (broad SMARTS) is 1. The highest BCUT2D eigenvalue weighted by Gasteiger charge is 2.50. The van der Waals surface area contributed by atoms with E-state index in [2.05, 4.69) is 0 Å². The van der Waals surface area contributed by atoms with Crippen molar-refractivity contribution in [3.05, 3.63) is 0 Å². The second kappa shape index (κ2) is 7.00. The van der Waals surface area contributed by atoms with Gasteiger partial charge in [-0.1, -0.05) is 26.7 Å². The zero-order chi connectivity index (χ0) is 18.1. The molecule has 0 saturated carbocycles. The number of carbonyl (C=O) groups is 2. The van der Waals surface area contributed by atoms with Gasteiger partial charge in [0.05, 0.1) is 11.2 Å². The molecular formula is C16H28N2O5S. The van der Waals surface area contributed by atoms with Crippen LogP contribution in [-0.2, 0) is 19.6 Å². The Morgan fingerprint density at radius 2 is 2.04 bits per heavy atom. The van der Waals surface area contributed by atoms with Crippen LogP contribution in [0.5, 0.6) is 0 Å². The number of hydrogen-bond donors (Lipinski definition) is 1. The molecule has 0 radical (unpaired) electrons. The molecule has 2 saturated heterocycles. The summed E-state index contributed by atoms with van der Waals surface area (Å²) in [5.74, 6) is -1.23. The maximum atomic E-state index is 13.0. The van der Waals surface area contributed by atoms with E-state index in [0.29, 0.717) is 25.9 Å². The molecule has 2 fully saturated rings. The predicted molar refractivity (Wildman–Crippen MR) is 89.9 cm³/mol. The van der Waals surface area contributed by atoms with Gasteiger partial charge < -0.3 is 10.0 Å². The Bertz CT molecular complexity index is 606. The number of nitrogens with zero attached hydrogens (tertiary/aromatic N) is 2. The van der Waals surface area contributed by atoms with Crippen LogP contribution < -0.4 is 0 Å². The fourth-order valence-electron chi connectivity index (χ4n) is 3.60. The predicted octanol–water partition coefficient (Wildman–Crippen LogP) is 1.15. The number of rotatable bonds is 6. The summed E-state index contributed by atoms with van der Waals surface area (Å²) in [4.78, 5) is 26.1. The van der Waals surface area contributed by atoms with Gasteiger partial charge >= 0.3 is 5.97 Å². The fourth-order valence-corrected chi connectivity index (χ4v) is 5.32. The summed E-state index contributed by atoms with van der Waals surface area (Å²) < 4.78 is 25.8. The van der Waals surface area contributed by atoms with Crippen LogP contribution in [0, 0.1) is 11.3 Å². The van der Waals surface area contributed by atoms with E-state index < -0.39 is 27.4 Å². The summed E-state index contributed by atoms with van der Waals surface area (Å²) in [6.45, 7) is 6.36. The first-order valence-corrected chi connectivity index (χ1v) is 10.3. The highest BCUT2D eigenvalue weighted by Crippen LogP contribution is 2.37. The lowest BCUT2D eigenvalue weighted by Gasteiger charge is -2.30. The molecular weight excluding hydrogens is 332 g/mol. The zero-order valence-corrected chi connectivity index (χ0v) is 15.5. The average molecular weight is 360 g/mol. The normalized spacial score (nSPS) is 31.3. The third-order valence-corrected chi connectivity index (χ3v) is 7.46. The molecule has 7 nitrogen and oxygen atoms in total. The number of carboxylic acids is 1. The van der Waals surface area contributed by atoms with Gasteiger partial charge in [0.2, 0.25) is 15.9 Å². The van der Waals surface area contributed by atoms with Crippen molar-refractivity contribution in [3.8, 4) is 0 Å². The van der Waals surface area contributed by atoms with Gasteiger partial charge in [-0.15, -0.1) is 0 Å². The van der Waals surface area contributed by atoms with Gasteiger partial charge in [-0.05, 0) is 25.7 Å². The highest BCUT2D eigenvalue weighted by atomic mass is 32.2. The van der Waals surface area contributed by atoms with Crippen LogP contribution in [0.3, 0.4) is 0 Å². The Morgan fingerprint density at radius 3 is 2.50 bits per heavy atom. The molecule has 24 heavy (non-hydrogen) atoms. The van der Waals surface area contributed by atoms with Crippen LogP contribution in [0.1, 0.15) is 46.5 Å². The van der Waals surface area contributed by atoms with Crippen molar-refractivity contribution in [2.75, 3.05) is 25.4 Å². The smallest absolute Gasteiger partial charge is 0.311 e. The number of unbranched alkanes of at least 4 members (excludes halogenated alkanes) is 1. The summed E-state index contributed by atoms with van der Waals surface area (Å²) >= 11 is 0. The number of sulfonamides is 1. The van der Waals surface area contributed by atoms with Gasteiger partial charge in [-0.3, -0.25) is 9.59 Å². The van der Waals surface area contributed by atoms with E-state index >= 15 is 0 Å². The number of amides is 1. The van der Waals surface area contributed by atoms with E-state index in [-0.39, 0.29) is 24.1 Å². The minimum atomic E-state index is -3.38. The number of aliphatic carboxylic acids is 1. The standard InChI is InChI=1S/C16H28N2O5S/c1-4-5-7-13(18-8-6-9-24(18,22)23)14(19)17-10-12(2)16(3,11-17)15(20)21/h12-13H,4-11H2,1-3H3,(H,20,21)/t12-,13?,16-/m1/s1. The summed E-state index contributed by atoms with van der Waals surface area (Å²) in [5, 5.41) is 9.47. The van der Waals surface area contributed by atoms with Gasteiger partial charge in [0.15, 0.2) is 0 Å². The summed E-state index contributed by atoms with van der Waals surface area (Å²) in [6, 6.07) is -0.694. The van der Waals surface area contributed by atoms with Crippen molar-refractivity contribution in [1.82, 2.24) is 9.21 Å². The van der Waals surface area contributed by atoms with Crippen molar-refractivity contribution in [2.24, 2.45) is 11.3 Å². The highest BCUT2D eigenvalue weighted by molar-refractivity contribution is 7.89. The topological polar surface area (TPSA) is 95.0 Å². The lowest BCUT2D eigenvalue weighted by molar-refractivity contribution is -0.149. The Balaban J connectivity index is 2.21. The van der Waals surface area contributed by atoms with E-state index in [4.69, 9.17) is 0 Å². The van der Waals surface area contributed by atoms with Crippen LogP contribution in [-0.4, -0.2) is 66.0 Å². The Morgan fingerprint density at radius 1 is 1.38 bits per heavy atom. The molecule has 1 N–H and O–H groups in total. The first-order valence-electron chi connectivity index (χ1n) is 8.65. The number of carbonyl (C=O) groups excluding carboxylic acids is 1. The molecule has 0 aromatic carbocycles. The second-order valence-corrected chi connectivity index (χ2v) is 9.32. The molecule has 2 rings (SSSR count). The lowest BCUT2D eigenvalue weighted by atomic mass is 9.81. The van der Waals surface area contributed by atoms with Gasteiger partial charge in [0.25, 0.3) is 0 Å². The Kier molecular flexibility index (Phi) is 5.59. The molecule has 2 aliphatic heterocycles. The molecule has 0 aromatic rings. The van der Waals surface area contributed by atoms with Crippen molar-refractivity contribution in [3.63, 3.8) is 0 Å². The van der Waals surface area contributed by atoms with E-state index in [1.165, 1.54) is 4.31 Å². The Labute approximate surface area is 144 Å². The molecule has 0 bridgehead atoms. The molecule has 2 heterocycles. The van der Waals surface area contributed by atoms with E-state index in [0.717, 1.165) is 12.8 Å². The summed E-state index contributed by atoms with van der Waals surface area (Å²) in [6.07, 6.45) is 2.67. The largest absolute Gasteiger partial charge is 0.481 e. The zero-order valence-electron chi connectivity index (χ0n) is 14.7. The molecule has 0 spiro atoms. The molecule has 0 aliphatic carbocycles. The average Bonchev–Trinajstić information content (AvgIpc) is 3.00. The molecule has 3 atom stereocenters. The van der Waals surface area contributed by atoms with Gasteiger partial charge in [-0.25, -0.2) is 8.42 Å². The molecule has 1 amide bonds. The number of likely N-dealkylation sites (tertiary alicyclic amines) is 1. The van der Waals surface area contributed by atoms with Crippen LogP contribution in [0.2, 0.25) is 0 Å². The third-order valence-electron chi connectivity index (χ3n) is 5.50. The second-order valence-electron chi connectivity index (χ2n) is 7.28. The van der Waals surface area contributed by atoms with Crippen molar-refractivity contribution in [1.29, 1.82) is 0 Å².